The molecule has 1 saturated carbocycles. The minimum atomic E-state index is -4.64. The van der Waals surface area contributed by atoms with Gasteiger partial charge in [0.25, 0.3) is 0 Å². The molecule has 0 spiro atoms. The van der Waals surface area contributed by atoms with E-state index in [-0.39, 0.29) is 31.1 Å². The summed E-state index contributed by atoms with van der Waals surface area (Å²) >= 11 is 5.73. The van der Waals surface area contributed by atoms with E-state index in [0.717, 1.165) is 54.5 Å². The van der Waals surface area contributed by atoms with E-state index in [9.17, 15) is 17.6 Å². The lowest BCUT2D eigenvalue weighted by Crippen LogP contribution is -2.37. The predicted octanol–water partition coefficient (Wildman–Crippen LogP) is 6.66. The Labute approximate surface area is 207 Å². The Bertz CT molecular complexity index is 1160. The molecular formula is C25H30ClF4N5. The van der Waals surface area contributed by atoms with Crippen LogP contribution < -0.4 is 15.5 Å². The van der Waals surface area contributed by atoms with Crippen molar-refractivity contribution in [2.75, 3.05) is 24.3 Å². The quantitative estimate of drug-likeness (QED) is 0.363. The maximum absolute atomic E-state index is 14.4. The van der Waals surface area contributed by atoms with E-state index in [0.29, 0.717) is 5.95 Å². The SMILES string of the molecule is C.CN(C)c1nc(NC2CCC(NCc3c(C(F)(F)F)ccc(Cl)c3F)CC2)nc2ccccc12. The number of alkyl halides is 3. The summed E-state index contributed by atoms with van der Waals surface area (Å²) < 4.78 is 54.2. The summed E-state index contributed by atoms with van der Waals surface area (Å²) in [6.07, 6.45) is -1.61. The Hall–Kier alpha value is -2.65. The van der Waals surface area contributed by atoms with Gasteiger partial charge in [-0.25, -0.2) is 9.37 Å². The van der Waals surface area contributed by atoms with Crippen LogP contribution in [0.3, 0.4) is 0 Å². The predicted molar refractivity (Wildman–Crippen MR) is 134 cm³/mol. The zero-order valence-corrected chi connectivity index (χ0v) is 19.6. The van der Waals surface area contributed by atoms with Gasteiger partial charge in [0.1, 0.15) is 11.6 Å². The second kappa shape index (κ2) is 11.0. The van der Waals surface area contributed by atoms with Crippen LogP contribution in [-0.2, 0) is 12.7 Å². The van der Waals surface area contributed by atoms with Crippen LogP contribution in [0.1, 0.15) is 44.2 Å². The van der Waals surface area contributed by atoms with Gasteiger partial charge >= 0.3 is 6.18 Å². The zero-order valence-electron chi connectivity index (χ0n) is 18.9. The molecule has 1 heterocycles. The molecule has 0 unspecified atom stereocenters. The molecule has 1 aliphatic rings. The number of anilines is 2. The molecule has 1 fully saturated rings. The number of benzene rings is 2. The lowest BCUT2D eigenvalue weighted by Gasteiger charge is -2.30. The van der Waals surface area contributed by atoms with Gasteiger partial charge in [-0.1, -0.05) is 31.2 Å². The van der Waals surface area contributed by atoms with Gasteiger partial charge in [0.15, 0.2) is 0 Å². The number of rotatable bonds is 6. The van der Waals surface area contributed by atoms with Gasteiger partial charge in [-0.3, -0.25) is 0 Å². The first-order valence-corrected chi connectivity index (χ1v) is 11.5. The molecule has 4 rings (SSSR count). The molecule has 3 aromatic rings. The molecule has 0 radical (unpaired) electrons. The molecule has 0 aliphatic heterocycles. The minimum absolute atomic E-state index is 0. The van der Waals surface area contributed by atoms with Crippen molar-refractivity contribution in [3.05, 3.63) is 58.4 Å². The molecule has 2 N–H and O–H groups in total. The molecule has 35 heavy (non-hydrogen) atoms. The maximum atomic E-state index is 14.4. The third-order valence-electron chi connectivity index (χ3n) is 6.14. The van der Waals surface area contributed by atoms with Gasteiger partial charge in [0, 0.05) is 43.7 Å². The fourth-order valence-corrected chi connectivity index (χ4v) is 4.54. The van der Waals surface area contributed by atoms with Crippen LogP contribution in [0.4, 0.5) is 29.3 Å². The Balaban J connectivity index is 0.00000342. The summed E-state index contributed by atoms with van der Waals surface area (Å²) in [7, 11) is 3.87. The van der Waals surface area contributed by atoms with Gasteiger partial charge < -0.3 is 15.5 Å². The number of fused-ring (bicyclic) bond motifs is 1. The van der Waals surface area contributed by atoms with Crippen LogP contribution in [0, 0.1) is 5.82 Å². The Morgan fingerprint density at radius 2 is 1.66 bits per heavy atom. The first-order valence-electron chi connectivity index (χ1n) is 11.1. The highest BCUT2D eigenvalue weighted by molar-refractivity contribution is 6.30. The first-order chi connectivity index (χ1) is 16.1. The standard InChI is InChI=1S/C24H26ClF4N5.CH4/c1-34(2)22-16-5-3-4-6-20(16)32-23(33-22)31-15-9-7-14(8-10-15)30-13-17-18(24(27,28)29)11-12-19(25)21(17)26;/h3-6,11-12,14-15,30H,7-10,13H2,1-2H3,(H,31,32,33);1H4. The molecule has 190 valence electrons. The summed E-state index contributed by atoms with van der Waals surface area (Å²) in [5, 5.41) is 7.15. The first kappa shape index (κ1) is 26.9. The Kier molecular flexibility index (Phi) is 8.43. The lowest BCUT2D eigenvalue weighted by atomic mass is 9.91. The number of para-hydroxylation sites is 1. The molecule has 1 aromatic heterocycles. The highest BCUT2D eigenvalue weighted by Crippen LogP contribution is 2.35. The average molecular weight is 512 g/mol. The molecule has 0 saturated heterocycles. The van der Waals surface area contributed by atoms with Crippen LogP contribution in [-0.4, -0.2) is 36.1 Å². The fraction of sp³-hybridized carbons (Fsp3) is 0.440. The second-order valence-electron chi connectivity index (χ2n) is 8.74. The summed E-state index contributed by atoms with van der Waals surface area (Å²) in [4.78, 5) is 11.2. The second-order valence-corrected chi connectivity index (χ2v) is 9.15. The van der Waals surface area contributed by atoms with Crippen molar-refractivity contribution in [1.29, 1.82) is 0 Å². The van der Waals surface area contributed by atoms with Crippen molar-refractivity contribution in [2.24, 2.45) is 0 Å². The van der Waals surface area contributed by atoms with Crippen molar-refractivity contribution in [2.45, 2.75) is 57.9 Å². The largest absolute Gasteiger partial charge is 0.416 e. The zero-order chi connectivity index (χ0) is 24.5. The molecular weight excluding hydrogens is 482 g/mol. The maximum Gasteiger partial charge on any atom is 0.416 e. The van der Waals surface area contributed by atoms with E-state index in [1.165, 1.54) is 0 Å². The number of nitrogens with one attached hydrogen (secondary N) is 2. The van der Waals surface area contributed by atoms with Gasteiger partial charge in [0.05, 0.1) is 16.1 Å². The lowest BCUT2D eigenvalue weighted by molar-refractivity contribution is -0.138. The van der Waals surface area contributed by atoms with Gasteiger partial charge in [-0.15, -0.1) is 0 Å². The number of hydrogen-bond acceptors (Lipinski definition) is 5. The molecule has 0 amide bonds. The third kappa shape index (κ3) is 6.13. The van der Waals surface area contributed by atoms with Crippen LogP contribution in [0.5, 0.6) is 0 Å². The molecule has 0 bridgehead atoms. The van der Waals surface area contributed by atoms with Crippen molar-refractivity contribution >= 4 is 34.3 Å². The highest BCUT2D eigenvalue weighted by atomic mass is 35.5. The fourth-order valence-electron chi connectivity index (χ4n) is 4.37. The van der Waals surface area contributed by atoms with Crippen LogP contribution >= 0.6 is 11.6 Å². The molecule has 0 atom stereocenters. The van der Waals surface area contributed by atoms with E-state index < -0.39 is 23.1 Å². The van der Waals surface area contributed by atoms with Crippen molar-refractivity contribution < 1.29 is 17.6 Å². The third-order valence-corrected chi connectivity index (χ3v) is 6.43. The van der Waals surface area contributed by atoms with Crippen LogP contribution in [0.2, 0.25) is 5.02 Å². The number of aromatic nitrogens is 2. The normalized spacial score (nSPS) is 18.3. The van der Waals surface area contributed by atoms with Gasteiger partial charge in [-0.2, -0.15) is 18.2 Å². The van der Waals surface area contributed by atoms with Gasteiger partial charge in [-0.05, 0) is 49.9 Å². The van der Waals surface area contributed by atoms with Crippen molar-refractivity contribution in [1.82, 2.24) is 15.3 Å². The van der Waals surface area contributed by atoms with E-state index in [2.05, 4.69) is 20.6 Å². The summed E-state index contributed by atoms with van der Waals surface area (Å²) in [6.45, 7) is -0.232. The van der Waals surface area contributed by atoms with Crippen molar-refractivity contribution in [3.8, 4) is 0 Å². The highest BCUT2D eigenvalue weighted by Gasteiger charge is 2.35. The van der Waals surface area contributed by atoms with Crippen molar-refractivity contribution in [3.63, 3.8) is 0 Å². The number of halogens is 5. The molecule has 10 heteroatoms. The van der Waals surface area contributed by atoms with E-state index in [4.69, 9.17) is 11.6 Å². The minimum Gasteiger partial charge on any atom is -0.362 e. The summed E-state index contributed by atoms with van der Waals surface area (Å²) in [6, 6.07) is 9.70. The summed E-state index contributed by atoms with van der Waals surface area (Å²) in [5.41, 5.74) is -0.591. The smallest absolute Gasteiger partial charge is 0.362 e. The average Bonchev–Trinajstić information content (AvgIpc) is 2.79. The van der Waals surface area contributed by atoms with Crippen LogP contribution in [0.25, 0.3) is 10.9 Å². The number of hydrogen-bond donors (Lipinski definition) is 2. The van der Waals surface area contributed by atoms with E-state index >= 15 is 0 Å². The Morgan fingerprint density at radius 1 is 1.00 bits per heavy atom. The Morgan fingerprint density at radius 3 is 2.31 bits per heavy atom. The molecule has 5 nitrogen and oxygen atoms in total. The van der Waals surface area contributed by atoms with E-state index in [1.54, 1.807) is 0 Å². The van der Waals surface area contributed by atoms with Gasteiger partial charge in [0.2, 0.25) is 5.95 Å². The molecule has 1 aliphatic carbocycles. The molecule has 2 aromatic carbocycles. The van der Waals surface area contributed by atoms with Crippen LogP contribution in [0.15, 0.2) is 36.4 Å². The summed E-state index contributed by atoms with van der Waals surface area (Å²) in [5.74, 6) is 0.353. The topological polar surface area (TPSA) is 53.1 Å². The monoisotopic (exact) mass is 511 g/mol. The number of nitrogens with zero attached hydrogens (tertiary/aromatic N) is 3. The van der Waals surface area contributed by atoms with E-state index in [1.807, 2.05) is 43.3 Å².